The van der Waals surface area contributed by atoms with Gasteiger partial charge >= 0.3 is 5.97 Å². The molecule has 112 valence electrons. The maximum atomic E-state index is 11.9. The van der Waals surface area contributed by atoms with Gasteiger partial charge in [0.15, 0.2) is 4.77 Å². The van der Waals surface area contributed by atoms with Crippen LogP contribution in [0.5, 0.6) is 0 Å². The molecule has 0 aliphatic carbocycles. The van der Waals surface area contributed by atoms with Gasteiger partial charge in [-0.3, -0.25) is 0 Å². The number of hydrogen-bond donors (Lipinski definition) is 1. The first-order chi connectivity index (χ1) is 9.97. The zero-order valence-corrected chi connectivity index (χ0v) is 13.9. The number of aromatic amines is 1. The number of rotatable bonds is 4. The van der Waals surface area contributed by atoms with Crippen LogP contribution in [0.2, 0.25) is 10.0 Å². The van der Waals surface area contributed by atoms with E-state index in [-0.39, 0.29) is 6.04 Å². The Kier molecular flexibility index (Phi) is 5.08. The van der Waals surface area contributed by atoms with Gasteiger partial charge in [-0.1, -0.05) is 30.1 Å². The van der Waals surface area contributed by atoms with Crippen LogP contribution in [0.25, 0.3) is 0 Å². The lowest BCUT2D eigenvalue weighted by Gasteiger charge is -2.20. The standard InChI is InChI=1S/C14H14Cl2N2O2S/c1-3-11(8-4-9(15)6-10(16)5-8)18-12(13(19)20-2)7-17-14(18)21/h4-7,11H,3H2,1-2H3,(H,17,21). The Morgan fingerprint density at radius 1 is 1.38 bits per heavy atom. The van der Waals surface area contributed by atoms with Gasteiger partial charge in [0.05, 0.1) is 13.2 Å². The number of carbonyl (C=O) groups excluding carboxylic acids is 1. The van der Waals surface area contributed by atoms with Crippen LogP contribution in [-0.2, 0) is 4.74 Å². The molecule has 1 aromatic carbocycles. The van der Waals surface area contributed by atoms with Gasteiger partial charge in [0.25, 0.3) is 0 Å². The quantitative estimate of drug-likeness (QED) is 0.649. The summed E-state index contributed by atoms with van der Waals surface area (Å²) in [4.78, 5) is 14.7. The summed E-state index contributed by atoms with van der Waals surface area (Å²) in [6, 6.07) is 5.14. The molecule has 0 fully saturated rings. The highest BCUT2D eigenvalue weighted by Crippen LogP contribution is 2.29. The van der Waals surface area contributed by atoms with Gasteiger partial charge in [0.2, 0.25) is 0 Å². The number of aromatic nitrogens is 2. The van der Waals surface area contributed by atoms with E-state index in [1.54, 1.807) is 16.8 Å². The van der Waals surface area contributed by atoms with E-state index in [0.29, 0.717) is 26.9 Å². The van der Waals surface area contributed by atoms with Crippen LogP contribution in [0.15, 0.2) is 24.4 Å². The van der Waals surface area contributed by atoms with E-state index < -0.39 is 5.97 Å². The van der Waals surface area contributed by atoms with E-state index in [2.05, 4.69) is 4.98 Å². The topological polar surface area (TPSA) is 47.0 Å². The lowest BCUT2D eigenvalue weighted by molar-refractivity contribution is 0.0586. The van der Waals surface area contributed by atoms with Crippen molar-refractivity contribution in [2.24, 2.45) is 0 Å². The van der Waals surface area contributed by atoms with Crippen LogP contribution in [0, 0.1) is 4.77 Å². The minimum Gasteiger partial charge on any atom is -0.464 e. The molecule has 1 N–H and O–H groups in total. The van der Waals surface area contributed by atoms with E-state index in [1.165, 1.54) is 7.11 Å². The molecule has 4 nitrogen and oxygen atoms in total. The number of hydrogen-bond acceptors (Lipinski definition) is 3. The van der Waals surface area contributed by atoms with Crippen LogP contribution in [-0.4, -0.2) is 22.6 Å². The molecule has 1 aromatic heterocycles. The van der Waals surface area contributed by atoms with Crippen molar-refractivity contribution >= 4 is 41.4 Å². The Hall–Kier alpha value is -1.30. The molecule has 0 amide bonds. The first kappa shape index (κ1) is 16.1. The number of methoxy groups -OCH3 is 1. The second-order valence-corrected chi connectivity index (χ2v) is 5.73. The minimum atomic E-state index is -0.450. The number of nitrogens with zero attached hydrogens (tertiary/aromatic N) is 1. The first-order valence-corrected chi connectivity index (χ1v) is 7.48. The normalized spacial score (nSPS) is 12.2. The highest BCUT2D eigenvalue weighted by Gasteiger charge is 2.21. The Labute approximate surface area is 137 Å². The van der Waals surface area contributed by atoms with Gasteiger partial charge in [-0.05, 0) is 42.4 Å². The molecular formula is C14H14Cl2N2O2S. The summed E-state index contributed by atoms with van der Waals surface area (Å²) >= 11 is 17.4. The maximum Gasteiger partial charge on any atom is 0.356 e. The van der Waals surface area contributed by atoms with Crippen molar-refractivity contribution in [3.05, 3.63) is 50.5 Å². The van der Waals surface area contributed by atoms with Crippen molar-refractivity contribution in [2.75, 3.05) is 7.11 Å². The fourth-order valence-electron chi connectivity index (χ4n) is 2.28. The molecule has 1 unspecified atom stereocenters. The number of benzene rings is 1. The molecule has 1 heterocycles. The smallest absolute Gasteiger partial charge is 0.356 e. The Bertz CT molecular complexity index is 704. The van der Waals surface area contributed by atoms with Crippen molar-refractivity contribution < 1.29 is 9.53 Å². The van der Waals surface area contributed by atoms with Crippen molar-refractivity contribution in [3.63, 3.8) is 0 Å². The summed E-state index contributed by atoms with van der Waals surface area (Å²) in [5, 5.41) is 1.08. The van der Waals surface area contributed by atoms with Gasteiger partial charge in [0, 0.05) is 16.2 Å². The molecule has 0 aliphatic heterocycles. The second-order valence-electron chi connectivity index (χ2n) is 4.47. The third-order valence-electron chi connectivity index (χ3n) is 3.17. The fraction of sp³-hybridized carbons (Fsp3) is 0.286. The Balaban J connectivity index is 2.59. The van der Waals surface area contributed by atoms with Crippen LogP contribution >= 0.6 is 35.4 Å². The van der Waals surface area contributed by atoms with E-state index in [1.807, 2.05) is 19.1 Å². The molecule has 7 heteroatoms. The van der Waals surface area contributed by atoms with Crippen LogP contribution < -0.4 is 0 Å². The van der Waals surface area contributed by atoms with Gasteiger partial charge in [-0.2, -0.15) is 0 Å². The molecule has 2 rings (SSSR count). The lowest BCUT2D eigenvalue weighted by atomic mass is 10.0. The maximum absolute atomic E-state index is 11.9. The van der Waals surface area contributed by atoms with Crippen molar-refractivity contribution in [2.45, 2.75) is 19.4 Å². The number of esters is 1. The van der Waals surface area contributed by atoms with E-state index >= 15 is 0 Å². The molecule has 0 radical (unpaired) electrons. The number of carbonyl (C=O) groups is 1. The number of imidazole rings is 1. The van der Waals surface area contributed by atoms with E-state index in [0.717, 1.165) is 5.56 Å². The van der Waals surface area contributed by atoms with Crippen LogP contribution in [0.1, 0.15) is 35.4 Å². The van der Waals surface area contributed by atoms with Crippen molar-refractivity contribution in [3.8, 4) is 0 Å². The fourth-order valence-corrected chi connectivity index (χ4v) is 3.11. The predicted molar refractivity (Wildman–Crippen MR) is 85.8 cm³/mol. The lowest BCUT2D eigenvalue weighted by Crippen LogP contribution is -2.17. The third-order valence-corrected chi connectivity index (χ3v) is 3.92. The van der Waals surface area contributed by atoms with Crippen LogP contribution in [0.3, 0.4) is 0 Å². The number of nitrogens with one attached hydrogen (secondary N) is 1. The summed E-state index contributed by atoms with van der Waals surface area (Å²) in [5.74, 6) is -0.450. The Morgan fingerprint density at radius 2 is 2.00 bits per heavy atom. The van der Waals surface area contributed by atoms with Crippen molar-refractivity contribution in [1.82, 2.24) is 9.55 Å². The van der Waals surface area contributed by atoms with Gasteiger partial charge in [-0.25, -0.2) is 4.79 Å². The molecular weight excluding hydrogens is 331 g/mol. The number of halogens is 2. The van der Waals surface area contributed by atoms with Crippen molar-refractivity contribution in [1.29, 1.82) is 0 Å². The largest absolute Gasteiger partial charge is 0.464 e. The van der Waals surface area contributed by atoms with Gasteiger partial charge in [0.1, 0.15) is 5.69 Å². The molecule has 0 spiro atoms. The SMILES string of the molecule is CCC(c1cc(Cl)cc(Cl)c1)n1c(C(=O)OC)c[nH]c1=S. The zero-order chi connectivity index (χ0) is 15.6. The summed E-state index contributed by atoms with van der Waals surface area (Å²) in [7, 11) is 1.33. The highest BCUT2D eigenvalue weighted by molar-refractivity contribution is 7.71. The van der Waals surface area contributed by atoms with Gasteiger partial charge in [-0.15, -0.1) is 0 Å². The average Bonchev–Trinajstić information content (AvgIpc) is 2.80. The molecule has 0 saturated heterocycles. The Morgan fingerprint density at radius 3 is 2.52 bits per heavy atom. The molecule has 0 saturated carbocycles. The molecule has 1 atom stereocenters. The number of H-pyrrole nitrogens is 1. The zero-order valence-electron chi connectivity index (χ0n) is 11.5. The first-order valence-electron chi connectivity index (χ1n) is 6.32. The van der Waals surface area contributed by atoms with E-state index in [9.17, 15) is 4.79 Å². The molecule has 0 aliphatic rings. The van der Waals surface area contributed by atoms with Gasteiger partial charge < -0.3 is 14.3 Å². The third kappa shape index (κ3) is 3.31. The average molecular weight is 345 g/mol. The summed E-state index contributed by atoms with van der Waals surface area (Å²) in [6.45, 7) is 2.00. The monoisotopic (exact) mass is 344 g/mol. The van der Waals surface area contributed by atoms with E-state index in [4.69, 9.17) is 40.2 Å². The summed E-state index contributed by atoms with van der Waals surface area (Å²) < 4.78 is 6.96. The highest BCUT2D eigenvalue weighted by atomic mass is 35.5. The number of ether oxygens (including phenoxy) is 1. The minimum absolute atomic E-state index is 0.158. The second kappa shape index (κ2) is 6.64. The summed E-state index contributed by atoms with van der Waals surface area (Å²) in [5.41, 5.74) is 1.25. The molecule has 2 aromatic rings. The molecule has 21 heavy (non-hydrogen) atoms. The predicted octanol–water partition coefficient (Wildman–Crippen LogP) is 4.64. The summed E-state index contributed by atoms with van der Waals surface area (Å²) in [6.07, 6.45) is 2.26. The van der Waals surface area contributed by atoms with Crippen LogP contribution in [0.4, 0.5) is 0 Å². The molecule has 0 bridgehead atoms.